The number of aryl methyl sites for hydroxylation is 1. The number of phenols is 1. The Morgan fingerprint density at radius 2 is 2.04 bits per heavy atom. The smallest absolute Gasteiger partial charge is 0.174 e. The number of aromatic hydroxyl groups is 1. The summed E-state index contributed by atoms with van der Waals surface area (Å²) in [5.41, 5.74) is 0.369. The van der Waals surface area contributed by atoms with Crippen LogP contribution in [0.2, 0.25) is 0 Å². The zero-order valence-electron chi connectivity index (χ0n) is 15.3. The topological polar surface area (TPSA) is 70.0 Å². The molecule has 26 heavy (non-hydrogen) atoms. The number of phenolic OH excluding ortho intramolecular Hbond substituents is 1. The molecule has 1 aromatic carbocycles. The Labute approximate surface area is 154 Å². The molecule has 5 rings (SSSR count). The first-order valence-electron chi connectivity index (χ1n) is 9.90. The summed E-state index contributed by atoms with van der Waals surface area (Å²) >= 11 is 0. The number of ether oxygens (including phenoxy) is 1. The normalized spacial score (nSPS) is 34.7. The van der Waals surface area contributed by atoms with Crippen LogP contribution < -0.4 is 4.74 Å². The van der Waals surface area contributed by atoms with Crippen molar-refractivity contribution in [2.24, 2.45) is 5.92 Å². The number of hydrogen-bond acceptors (Lipinski definition) is 5. The van der Waals surface area contributed by atoms with Crippen LogP contribution in [0.25, 0.3) is 0 Å². The first kappa shape index (κ1) is 16.6. The second-order valence-corrected chi connectivity index (χ2v) is 8.87. The number of carbonyl (C=O) groups is 1. The van der Waals surface area contributed by atoms with Crippen molar-refractivity contribution in [2.45, 2.75) is 62.1 Å². The molecule has 0 amide bonds. The number of Topliss-reactive ketones (excluding diaryl/α,β-unsaturated/α-hetero) is 1. The van der Waals surface area contributed by atoms with Crippen LogP contribution in [0.1, 0.15) is 49.7 Å². The Hall–Kier alpha value is -1.59. The summed E-state index contributed by atoms with van der Waals surface area (Å²) in [6.45, 7) is 1.90. The molecule has 2 saturated carbocycles. The largest absolute Gasteiger partial charge is 0.504 e. The number of rotatable bonds is 5. The molecule has 1 aliphatic heterocycles. The highest BCUT2D eigenvalue weighted by Gasteiger charge is 2.67. The molecule has 0 spiro atoms. The third-order valence-corrected chi connectivity index (χ3v) is 7.22. The van der Waals surface area contributed by atoms with Crippen LogP contribution in [0.3, 0.4) is 0 Å². The standard InChI is InChI=1S/C21H27NO4/c1-22(12-13-2-3-13)11-10-21-17-14-4-5-15(23)18(17)26-19(21)16(24)7-9-20(21,25)8-6-14/h4-5,13,19,23,25H,2-3,6-12H2,1H3. The fourth-order valence-electron chi connectivity index (χ4n) is 5.66. The summed E-state index contributed by atoms with van der Waals surface area (Å²) in [4.78, 5) is 15.1. The van der Waals surface area contributed by atoms with E-state index < -0.39 is 17.1 Å². The monoisotopic (exact) mass is 357 g/mol. The second kappa shape index (κ2) is 5.46. The van der Waals surface area contributed by atoms with Gasteiger partial charge in [0.15, 0.2) is 23.4 Å². The summed E-state index contributed by atoms with van der Waals surface area (Å²) < 4.78 is 6.06. The van der Waals surface area contributed by atoms with Crippen LogP contribution in [0.15, 0.2) is 12.1 Å². The van der Waals surface area contributed by atoms with Gasteiger partial charge in [0.25, 0.3) is 0 Å². The van der Waals surface area contributed by atoms with Gasteiger partial charge in [-0.25, -0.2) is 0 Å². The van der Waals surface area contributed by atoms with Gasteiger partial charge in [0.2, 0.25) is 0 Å². The van der Waals surface area contributed by atoms with Gasteiger partial charge in [-0.3, -0.25) is 4.79 Å². The van der Waals surface area contributed by atoms with Crippen LogP contribution in [0.4, 0.5) is 0 Å². The van der Waals surface area contributed by atoms with Gasteiger partial charge in [-0.15, -0.1) is 0 Å². The molecule has 2 N–H and O–H groups in total. The molecule has 4 aliphatic rings. The van der Waals surface area contributed by atoms with E-state index in [0.717, 1.165) is 36.6 Å². The van der Waals surface area contributed by atoms with Crippen molar-refractivity contribution in [3.8, 4) is 11.5 Å². The first-order valence-corrected chi connectivity index (χ1v) is 9.90. The van der Waals surface area contributed by atoms with Crippen molar-refractivity contribution < 1.29 is 19.7 Å². The van der Waals surface area contributed by atoms with Gasteiger partial charge >= 0.3 is 0 Å². The van der Waals surface area contributed by atoms with Crippen LogP contribution in [0.5, 0.6) is 11.5 Å². The van der Waals surface area contributed by atoms with E-state index in [1.807, 2.05) is 6.07 Å². The lowest BCUT2D eigenvalue weighted by molar-refractivity contribution is -0.154. The molecule has 0 radical (unpaired) electrons. The third-order valence-electron chi connectivity index (χ3n) is 7.22. The van der Waals surface area contributed by atoms with Gasteiger partial charge in [0.05, 0.1) is 11.0 Å². The molecule has 140 valence electrons. The lowest BCUT2D eigenvalue weighted by Gasteiger charge is -2.53. The maximum atomic E-state index is 12.8. The quantitative estimate of drug-likeness (QED) is 0.845. The number of carbonyl (C=O) groups excluding carboxylic acids is 1. The van der Waals surface area contributed by atoms with E-state index in [4.69, 9.17) is 4.74 Å². The summed E-state index contributed by atoms with van der Waals surface area (Å²) in [6, 6.07) is 3.60. The average molecular weight is 357 g/mol. The van der Waals surface area contributed by atoms with E-state index >= 15 is 0 Å². The summed E-state index contributed by atoms with van der Waals surface area (Å²) in [5.74, 6) is 1.38. The molecule has 1 aromatic rings. The van der Waals surface area contributed by atoms with Crippen molar-refractivity contribution in [2.75, 3.05) is 20.1 Å². The SMILES string of the molecule is CN(CCC12c3c4ccc(O)c3OC1C(=O)CCC2(O)CC4)CC1CC1. The van der Waals surface area contributed by atoms with Gasteiger partial charge in [-0.1, -0.05) is 6.07 Å². The van der Waals surface area contributed by atoms with Crippen molar-refractivity contribution in [1.82, 2.24) is 4.90 Å². The predicted octanol–water partition coefficient (Wildman–Crippen LogP) is 2.16. The molecule has 0 saturated heterocycles. The summed E-state index contributed by atoms with van der Waals surface area (Å²) in [7, 11) is 2.12. The molecule has 1 heterocycles. The highest BCUT2D eigenvalue weighted by Crippen LogP contribution is 2.62. The third kappa shape index (κ3) is 2.13. The van der Waals surface area contributed by atoms with Gasteiger partial charge in [0, 0.05) is 18.5 Å². The number of nitrogens with zero attached hydrogens (tertiary/aromatic N) is 1. The van der Waals surface area contributed by atoms with Crippen molar-refractivity contribution >= 4 is 5.78 Å². The minimum Gasteiger partial charge on any atom is -0.504 e. The van der Waals surface area contributed by atoms with Crippen LogP contribution in [0, 0.1) is 5.92 Å². The van der Waals surface area contributed by atoms with Gasteiger partial charge in [-0.05, 0) is 69.7 Å². The number of aliphatic hydroxyl groups is 1. The first-order chi connectivity index (χ1) is 12.4. The Morgan fingerprint density at radius 3 is 2.81 bits per heavy atom. The minimum absolute atomic E-state index is 0.0583. The van der Waals surface area contributed by atoms with Crippen molar-refractivity contribution in [3.05, 3.63) is 23.3 Å². The van der Waals surface area contributed by atoms with E-state index in [1.165, 1.54) is 12.8 Å². The zero-order valence-corrected chi connectivity index (χ0v) is 15.3. The fraction of sp³-hybridized carbons (Fsp3) is 0.667. The molecule has 0 aromatic heterocycles. The highest BCUT2D eigenvalue weighted by molar-refractivity contribution is 5.89. The van der Waals surface area contributed by atoms with E-state index in [1.54, 1.807) is 6.07 Å². The molecular formula is C21H27NO4. The fourth-order valence-corrected chi connectivity index (χ4v) is 5.66. The minimum atomic E-state index is -0.932. The maximum absolute atomic E-state index is 12.8. The molecule has 0 bridgehead atoms. The Morgan fingerprint density at radius 1 is 1.27 bits per heavy atom. The molecule has 3 aliphatic carbocycles. The zero-order chi connectivity index (χ0) is 18.1. The molecule has 5 heteroatoms. The van der Waals surface area contributed by atoms with Gasteiger partial charge in [0.1, 0.15) is 0 Å². The van der Waals surface area contributed by atoms with Crippen LogP contribution >= 0.6 is 0 Å². The number of hydrogen-bond donors (Lipinski definition) is 2. The van der Waals surface area contributed by atoms with Crippen molar-refractivity contribution in [3.63, 3.8) is 0 Å². The Balaban J connectivity index is 1.59. The van der Waals surface area contributed by atoms with E-state index in [2.05, 4.69) is 11.9 Å². The predicted molar refractivity (Wildman–Crippen MR) is 96.6 cm³/mol. The molecule has 3 atom stereocenters. The van der Waals surface area contributed by atoms with Crippen molar-refractivity contribution in [1.29, 1.82) is 0 Å². The Kier molecular flexibility index (Phi) is 3.48. The highest BCUT2D eigenvalue weighted by atomic mass is 16.5. The van der Waals surface area contributed by atoms with Crippen LogP contribution in [-0.4, -0.2) is 52.7 Å². The van der Waals surface area contributed by atoms with E-state index in [-0.39, 0.29) is 11.5 Å². The molecular weight excluding hydrogens is 330 g/mol. The Bertz CT molecular complexity index is 774. The second-order valence-electron chi connectivity index (χ2n) is 8.87. The van der Waals surface area contributed by atoms with E-state index in [9.17, 15) is 15.0 Å². The maximum Gasteiger partial charge on any atom is 0.174 e. The molecule has 2 fully saturated rings. The lowest BCUT2D eigenvalue weighted by Crippen LogP contribution is -2.65. The van der Waals surface area contributed by atoms with Gasteiger partial charge < -0.3 is 19.8 Å². The van der Waals surface area contributed by atoms with Crippen LogP contribution in [-0.2, 0) is 16.6 Å². The average Bonchev–Trinajstić information content (AvgIpc) is 3.34. The summed E-state index contributed by atoms with van der Waals surface area (Å²) in [5, 5.41) is 22.0. The molecule has 3 unspecified atom stereocenters. The van der Waals surface area contributed by atoms with Gasteiger partial charge in [-0.2, -0.15) is 0 Å². The van der Waals surface area contributed by atoms with E-state index in [0.29, 0.717) is 31.4 Å². The number of benzene rings is 1. The number of ketones is 1. The molecule has 5 nitrogen and oxygen atoms in total. The summed E-state index contributed by atoms with van der Waals surface area (Å²) in [6.07, 6.45) is 4.91. The lowest BCUT2D eigenvalue weighted by atomic mass is 9.52.